The quantitative estimate of drug-likeness (QED) is 0.750. The molecule has 2 heteroatoms. The summed E-state index contributed by atoms with van der Waals surface area (Å²) >= 11 is 0. The Bertz CT molecular complexity index is 717. The lowest BCUT2D eigenvalue weighted by atomic mass is 9.88. The topological polar surface area (TPSA) is 33.0 Å². The third kappa shape index (κ3) is 4.13. The Morgan fingerprint density at radius 3 is 2.09 bits per heavy atom. The van der Waals surface area contributed by atoms with Crippen molar-refractivity contribution in [3.63, 3.8) is 0 Å². The maximum atomic E-state index is 9.58. The van der Waals surface area contributed by atoms with Gasteiger partial charge in [0.2, 0.25) is 0 Å². The van der Waals surface area contributed by atoms with Crippen molar-refractivity contribution in [2.75, 3.05) is 6.61 Å². The Morgan fingerprint density at radius 1 is 0.913 bits per heavy atom. The van der Waals surface area contributed by atoms with E-state index < -0.39 is 0 Å². The average Bonchev–Trinajstić information content (AvgIpc) is 2.46. The molecular formula is C21H25NO. The van der Waals surface area contributed by atoms with Crippen LogP contribution in [0.2, 0.25) is 0 Å². The van der Waals surface area contributed by atoms with E-state index >= 15 is 0 Å². The third-order valence-corrected chi connectivity index (χ3v) is 4.24. The molecular weight excluding hydrogens is 282 g/mol. The van der Waals surface area contributed by atoms with Gasteiger partial charge in [-0.25, -0.2) is 0 Å². The summed E-state index contributed by atoms with van der Waals surface area (Å²) < 4.78 is 5.90. The minimum Gasteiger partial charge on any atom is -0.493 e. The van der Waals surface area contributed by atoms with Crippen LogP contribution in [0.1, 0.15) is 45.7 Å². The van der Waals surface area contributed by atoms with Gasteiger partial charge in [-0.05, 0) is 62.9 Å². The fourth-order valence-corrected chi connectivity index (χ4v) is 3.26. The van der Waals surface area contributed by atoms with Gasteiger partial charge < -0.3 is 4.74 Å². The number of aryl methyl sites for hydroxylation is 5. The lowest BCUT2D eigenvalue weighted by molar-refractivity contribution is 0.303. The van der Waals surface area contributed by atoms with Crippen LogP contribution in [0, 0.1) is 45.9 Å². The summed E-state index contributed by atoms with van der Waals surface area (Å²) in [4.78, 5) is 0. The van der Waals surface area contributed by atoms with Crippen LogP contribution in [-0.2, 0) is 0 Å². The molecule has 0 aliphatic carbocycles. The number of benzene rings is 2. The van der Waals surface area contributed by atoms with E-state index in [1.54, 1.807) is 0 Å². The lowest BCUT2D eigenvalue weighted by Crippen LogP contribution is -2.08. The molecule has 0 saturated carbocycles. The SMILES string of the molecule is Cc1ccc(OCCC(C#N)c2c(C)cc(C)cc2C)c(C)c1. The highest BCUT2D eigenvalue weighted by Crippen LogP contribution is 2.28. The molecule has 0 amide bonds. The van der Waals surface area contributed by atoms with Crippen LogP contribution < -0.4 is 4.74 Å². The van der Waals surface area contributed by atoms with E-state index in [2.05, 4.69) is 65.0 Å². The molecule has 120 valence electrons. The van der Waals surface area contributed by atoms with Gasteiger partial charge in [-0.1, -0.05) is 35.4 Å². The van der Waals surface area contributed by atoms with E-state index in [0.29, 0.717) is 13.0 Å². The van der Waals surface area contributed by atoms with E-state index in [4.69, 9.17) is 4.74 Å². The van der Waals surface area contributed by atoms with Gasteiger partial charge in [0.1, 0.15) is 5.75 Å². The molecule has 2 aromatic rings. The van der Waals surface area contributed by atoms with Gasteiger partial charge >= 0.3 is 0 Å². The van der Waals surface area contributed by atoms with Gasteiger partial charge in [0, 0.05) is 6.42 Å². The van der Waals surface area contributed by atoms with Crippen LogP contribution in [-0.4, -0.2) is 6.61 Å². The molecule has 0 fully saturated rings. The van der Waals surface area contributed by atoms with Crippen molar-refractivity contribution >= 4 is 0 Å². The fourth-order valence-electron chi connectivity index (χ4n) is 3.26. The predicted octanol–water partition coefficient (Wildman–Crippen LogP) is 5.30. The van der Waals surface area contributed by atoms with Crippen molar-refractivity contribution in [2.45, 2.75) is 47.0 Å². The molecule has 0 aliphatic heterocycles. The zero-order valence-electron chi connectivity index (χ0n) is 14.7. The molecule has 1 unspecified atom stereocenters. The van der Waals surface area contributed by atoms with E-state index in [1.165, 1.54) is 22.3 Å². The first-order valence-electron chi connectivity index (χ1n) is 8.09. The monoisotopic (exact) mass is 307 g/mol. The minimum atomic E-state index is -0.124. The van der Waals surface area contributed by atoms with Crippen LogP contribution >= 0.6 is 0 Å². The summed E-state index contributed by atoms with van der Waals surface area (Å²) in [5.74, 6) is 0.783. The highest BCUT2D eigenvalue weighted by molar-refractivity contribution is 5.42. The highest BCUT2D eigenvalue weighted by Gasteiger charge is 2.16. The first-order valence-corrected chi connectivity index (χ1v) is 8.09. The molecule has 0 N–H and O–H groups in total. The molecule has 2 nitrogen and oxygen atoms in total. The summed E-state index contributed by atoms with van der Waals surface area (Å²) in [6, 6.07) is 12.9. The Morgan fingerprint density at radius 2 is 1.52 bits per heavy atom. The lowest BCUT2D eigenvalue weighted by Gasteiger charge is -2.17. The molecule has 0 radical (unpaired) electrons. The predicted molar refractivity (Wildman–Crippen MR) is 95.0 cm³/mol. The van der Waals surface area contributed by atoms with Crippen LogP contribution in [0.3, 0.4) is 0 Å². The molecule has 0 heterocycles. The van der Waals surface area contributed by atoms with E-state index in [1.807, 2.05) is 6.07 Å². The molecule has 0 spiro atoms. The van der Waals surface area contributed by atoms with E-state index in [0.717, 1.165) is 16.9 Å². The third-order valence-electron chi connectivity index (χ3n) is 4.24. The number of hydrogen-bond acceptors (Lipinski definition) is 2. The number of ether oxygens (including phenoxy) is 1. The first-order chi connectivity index (χ1) is 10.9. The van der Waals surface area contributed by atoms with Gasteiger partial charge in [0.25, 0.3) is 0 Å². The zero-order chi connectivity index (χ0) is 17.0. The second-order valence-corrected chi connectivity index (χ2v) is 6.40. The molecule has 0 aliphatic rings. The maximum absolute atomic E-state index is 9.58. The summed E-state index contributed by atoms with van der Waals surface area (Å²) in [6.07, 6.45) is 0.703. The summed E-state index contributed by atoms with van der Waals surface area (Å²) in [7, 11) is 0. The second kappa shape index (κ2) is 7.33. The van der Waals surface area contributed by atoms with Gasteiger partial charge in [0.15, 0.2) is 0 Å². The van der Waals surface area contributed by atoms with Crippen molar-refractivity contribution < 1.29 is 4.74 Å². The van der Waals surface area contributed by atoms with Crippen molar-refractivity contribution in [3.8, 4) is 11.8 Å². The fraction of sp³-hybridized carbons (Fsp3) is 0.381. The highest BCUT2D eigenvalue weighted by atomic mass is 16.5. The maximum Gasteiger partial charge on any atom is 0.122 e. The molecule has 0 saturated heterocycles. The molecule has 23 heavy (non-hydrogen) atoms. The zero-order valence-corrected chi connectivity index (χ0v) is 14.7. The molecule has 0 aromatic heterocycles. The molecule has 2 aromatic carbocycles. The van der Waals surface area contributed by atoms with Gasteiger partial charge in [0.05, 0.1) is 18.6 Å². The average molecular weight is 307 g/mol. The molecule has 2 rings (SSSR count). The first kappa shape index (κ1) is 17.1. The largest absolute Gasteiger partial charge is 0.493 e. The van der Waals surface area contributed by atoms with Crippen LogP contribution in [0.15, 0.2) is 30.3 Å². The van der Waals surface area contributed by atoms with Gasteiger partial charge in [-0.15, -0.1) is 0 Å². The molecule has 0 bridgehead atoms. The Labute approximate surface area is 139 Å². The number of nitrogens with zero attached hydrogens (tertiary/aromatic N) is 1. The van der Waals surface area contributed by atoms with E-state index in [-0.39, 0.29) is 5.92 Å². The normalized spacial score (nSPS) is 11.8. The summed E-state index contributed by atoms with van der Waals surface area (Å²) in [5.41, 5.74) is 7.16. The van der Waals surface area contributed by atoms with Gasteiger partial charge in [-0.2, -0.15) is 5.26 Å². The summed E-state index contributed by atoms with van der Waals surface area (Å²) in [6.45, 7) is 10.9. The van der Waals surface area contributed by atoms with Crippen molar-refractivity contribution in [1.82, 2.24) is 0 Å². The Kier molecular flexibility index (Phi) is 5.45. The number of hydrogen-bond donors (Lipinski definition) is 0. The van der Waals surface area contributed by atoms with Crippen LogP contribution in [0.25, 0.3) is 0 Å². The van der Waals surface area contributed by atoms with Crippen molar-refractivity contribution in [2.24, 2.45) is 0 Å². The smallest absolute Gasteiger partial charge is 0.122 e. The van der Waals surface area contributed by atoms with Crippen molar-refractivity contribution in [1.29, 1.82) is 5.26 Å². The van der Waals surface area contributed by atoms with Crippen molar-refractivity contribution in [3.05, 3.63) is 63.7 Å². The van der Waals surface area contributed by atoms with Gasteiger partial charge in [-0.3, -0.25) is 0 Å². The van der Waals surface area contributed by atoms with Crippen LogP contribution in [0.5, 0.6) is 5.75 Å². The number of rotatable bonds is 5. The number of nitriles is 1. The standard InChI is InChI=1S/C21H25NO/c1-14-6-7-20(16(3)10-14)23-9-8-19(13-22)21-17(4)11-15(2)12-18(21)5/h6-7,10-12,19H,8-9H2,1-5H3. The van der Waals surface area contributed by atoms with Crippen LogP contribution in [0.4, 0.5) is 0 Å². The molecule has 1 atom stereocenters. The minimum absolute atomic E-state index is 0.124. The second-order valence-electron chi connectivity index (χ2n) is 6.40. The Hall–Kier alpha value is -2.27. The van der Waals surface area contributed by atoms with E-state index in [9.17, 15) is 5.26 Å². The Balaban J connectivity index is 2.08. The summed E-state index contributed by atoms with van der Waals surface area (Å²) in [5, 5.41) is 9.58.